The molecule has 0 unspecified atom stereocenters. The van der Waals surface area contributed by atoms with Gasteiger partial charge in [-0.15, -0.1) is 0 Å². The van der Waals surface area contributed by atoms with Crippen LogP contribution in [0.25, 0.3) is 98.9 Å². The van der Waals surface area contributed by atoms with Crippen molar-refractivity contribution in [3.05, 3.63) is 188 Å². The summed E-state index contributed by atoms with van der Waals surface area (Å²) in [6.07, 6.45) is 1.86. The second-order valence-electron chi connectivity index (χ2n) is 15.6. The third-order valence-corrected chi connectivity index (χ3v) is 11.3. The van der Waals surface area contributed by atoms with Gasteiger partial charge in [-0.25, -0.2) is 0 Å². The number of nitrogens with zero attached hydrogens (tertiary/aromatic N) is 1. The van der Waals surface area contributed by atoms with Gasteiger partial charge in [0.05, 0.1) is 5.69 Å². The minimum absolute atomic E-state index is 0.0636. The molecule has 9 aromatic carbocycles. The van der Waals surface area contributed by atoms with Crippen molar-refractivity contribution in [2.75, 3.05) is 0 Å². The Labute approximate surface area is 316 Å². The fourth-order valence-electron chi connectivity index (χ4n) is 8.34. The van der Waals surface area contributed by atoms with E-state index in [4.69, 9.17) is 0 Å². The monoisotopic (exact) mass is 689 g/mol. The van der Waals surface area contributed by atoms with Crippen LogP contribution in [-0.2, 0) is 5.41 Å². The van der Waals surface area contributed by atoms with Gasteiger partial charge in [0.25, 0.3) is 0 Å². The van der Waals surface area contributed by atoms with Gasteiger partial charge < -0.3 is 0 Å². The summed E-state index contributed by atoms with van der Waals surface area (Å²) >= 11 is 0. The normalized spacial score (nSPS) is 12.0. The second-order valence-corrected chi connectivity index (χ2v) is 15.6. The van der Waals surface area contributed by atoms with Crippen molar-refractivity contribution in [1.82, 2.24) is 4.98 Å². The van der Waals surface area contributed by atoms with E-state index < -0.39 is 0 Å². The van der Waals surface area contributed by atoms with Crippen molar-refractivity contribution in [3.63, 3.8) is 0 Å². The Kier molecular flexibility index (Phi) is 7.45. The summed E-state index contributed by atoms with van der Waals surface area (Å²) in [5, 5.41) is 10.4. The predicted octanol–water partition coefficient (Wildman–Crippen LogP) is 14.8. The van der Waals surface area contributed by atoms with E-state index in [-0.39, 0.29) is 5.41 Å². The van der Waals surface area contributed by atoms with Gasteiger partial charge in [-0.2, -0.15) is 0 Å². The molecule has 1 aromatic heterocycles. The molecule has 0 saturated carbocycles. The van der Waals surface area contributed by atoms with E-state index in [1.807, 2.05) is 18.3 Å². The number of pyridine rings is 1. The molecule has 1 heteroatoms. The van der Waals surface area contributed by atoms with Gasteiger partial charge in [-0.1, -0.05) is 178 Å². The minimum atomic E-state index is 0.0636. The van der Waals surface area contributed by atoms with Gasteiger partial charge >= 0.3 is 0 Å². The maximum atomic E-state index is 4.59. The molecule has 0 saturated heterocycles. The first-order valence-corrected chi connectivity index (χ1v) is 18.9. The zero-order valence-corrected chi connectivity index (χ0v) is 30.8. The minimum Gasteiger partial charge on any atom is -0.256 e. The third kappa shape index (κ3) is 5.44. The SMILES string of the molecule is CC(C)(C)c1cc2ccc3c(-c4ccc(-c5ccc(-c6cccc7ccccc67)cc5)cc4)cc(-c4ccc(-c5ccccn5)cc4)c4ccc(c1)c2c34. The largest absolute Gasteiger partial charge is 0.256 e. The molecule has 0 aliphatic rings. The first-order chi connectivity index (χ1) is 26.4. The maximum Gasteiger partial charge on any atom is 0.0701 e. The van der Waals surface area contributed by atoms with Crippen molar-refractivity contribution in [3.8, 4) is 55.8 Å². The molecule has 0 spiro atoms. The molecule has 0 bridgehead atoms. The van der Waals surface area contributed by atoms with Crippen LogP contribution in [-0.4, -0.2) is 4.98 Å². The van der Waals surface area contributed by atoms with Crippen LogP contribution in [0.5, 0.6) is 0 Å². The van der Waals surface area contributed by atoms with Crippen LogP contribution in [0.15, 0.2) is 182 Å². The van der Waals surface area contributed by atoms with Gasteiger partial charge in [-0.05, 0) is 117 Å². The Balaban J connectivity index is 1.10. The Morgan fingerprint density at radius 3 is 1.44 bits per heavy atom. The van der Waals surface area contributed by atoms with E-state index in [0.717, 1.165) is 11.3 Å². The van der Waals surface area contributed by atoms with Crippen molar-refractivity contribution < 1.29 is 0 Å². The maximum absolute atomic E-state index is 4.59. The molecule has 1 heterocycles. The predicted molar refractivity (Wildman–Crippen MR) is 231 cm³/mol. The van der Waals surface area contributed by atoms with E-state index >= 15 is 0 Å². The van der Waals surface area contributed by atoms with Crippen molar-refractivity contribution in [2.24, 2.45) is 0 Å². The molecule has 256 valence electrons. The van der Waals surface area contributed by atoms with Crippen LogP contribution in [0.1, 0.15) is 26.3 Å². The van der Waals surface area contributed by atoms with Crippen LogP contribution < -0.4 is 0 Å². The van der Waals surface area contributed by atoms with Gasteiger partial charge in [0.1, 0.15) is 0 Å². The van der Waals surface area contributed by atoms with E-state index in [1.165, 1.54) is 93.2 Å². The van der Waals surface area contributed by atoms with Gasteiger partial charge in [-0.3, -0.25) is 4.98 Å². The van der Waals surface area contributed by atoms with E-state index in [0.29, 0.717) is 0 Å². The first-order valence-electron chi connectivity index (χ1n) is 18.9. The fourth-order valence-corrected chi connectivity index (χ4v) is 8.34. The van der Waals surface area contributed by atoms with E-state index in [9.17, 15) is 0 Å². The Morgan fingerprint density at radius 1 is 0.352 bits per heavy atom. The second kappa shape index (κ2) is 12.5. The molecule has 0 aliphatic carbocycles. The topological polar surface area (TPSA) is 12.9 Å². The lowest BCUT2D eigenvalue weighted by Gasteiger charge is -2.23. The van der Waals surface area contributed by atoms with Crippen LogP contribution in [0.4, 0.5) is 0 Å². The molecule has 0 N–H and O–H groups in total. The van der Waals surface area contributed by atoms with Crippen molar-refractivity contribution in [2.45, 2.75) is 26.2 Å². The zero-order chi connectivity index (χ0) is 36.4. The molecular weight excluding hydrogens is 651 g/mol. The Morgan fingerprint density at radius 2 is 0.870 bits per heavy atom. The molecule has 0 amide bonds. The van der Waals surface area contributed by atoms with E-state index in [1.54, 1.807) is 0 Å². The highest BCUT2D eigenvalue weighted by Gasteiger charge is 2.20. The molecule has 10 rings (SSSR count). The molecule has 54 heavy (non-hydrogen) atoms. The van der Waals surface area contributed by atoms with Crippen molar-refractivity contribution in [1.29, 1.82) is 0 Å². The molecule has 1 nitrogen and oxygen atoms in total. The lowest BCUT2D eigenvalue weighted by Crippen LogP contribution is -2.10. The van der Waals surface area contributed by atoms with Crippen LogP contribution in [0.2, 0.25) is 0 Å². The molecule has 0 fully saturated rings. The summed E-state index contributed by atoms with van der Waals surface area (Å²) in [5.41, 5.74) is 13.4. The lowest BCUT2D eigenvalue weighted by molar-refractivity contribution is 0.591. The summed E-state index contributed by atoms with van der Waals surface area (Å²) in [6.45, 7) is 6.90. The van der Waals surface area contributed by atoms with Crippen molar-refractivity contribution >= 4 is 43.1 Å². The smallest absolute Gasteiger partial charge is 0.0701 e. The lowest BCUT2D eigenvalue weighted by atomic mass is 9.81. The van der Waals surface area contributed by atoms with Crippen LogP contribution in [0, 0.1) is 0 Å². The number of aromatic nitrogens is 1. The zero-order valence-electron chi connectivity index (χ0n) is 30.8. The number of hydrogen-bond donors (Lipinski definition) is 0. The standard InChI is InChI=1S/C53H39N/c1-53(2,3)43-31-41-26-28-46-48(38-20-16-35(17-21-38)34-14-18-37(19-15-34)45-12-8-10-36-9-4-5-11-44(36)45)33-49(47-29-27-42(32-43)51(41)52(46)47)39-22-24-40(25-23-39)50-13-6-7-30-54-50/h4-33H,1-3H3. The Hall–Kier alpha value is -6.57. The highest BCUT2D eigenvalue weighted by Crippen LogP contribution is 2.45. The van der Waals surface area contributed by atoms with Crippen LogP contribution >= 0.6 is 0 Å². The number of benzene rings is 9. The average molecular weight is 690 g/mol. The van der Waals surface area contributed by atoms with Gasteiger partial charge in [0, 0.05) is 11.8 Å². The first kappa shape index (κ1) is 32.1. The van der Waals surface area contributed by atoms with Gasteiger partial charge in [0.15, 0.2) is 0 Å². The summed E-state index contributed by atoms with van der Waals surface area (Å²) in [4.78, 5) is 4.59. The molecule has 0 aliphatic heterocycles. The quantitative estimate of drug-likeness (QED) is 0.164. The molecule has 0 atom stereocenters. The number of fused-ring (bicyclic) bond motifs is 1. The fraction of sp³-hybridized carbons (Fsp3) is 0.0755. The summed E-state index contributed by atoms with van der Waals surface area (Å²) in [6, 6.07) is 64.8. The number of hydrogen-bond acceptors (Lipinski definition) is 1. The molecule has 0 radical (unpaired) electrons. The highest BCUT2D eigenvalue weighted by atomic mass is 14.7. The highest BCUT2D eigenvalue weighted by molar-refractivity contribution is 6.28. The third-order valence-electron chi connectivity index (χ3n) is 11.3. The molecular formula is C53H39N. The number of rotatable bonds is 5. The Bertz CT molecular complexity index is 2940. The van der Waals surface area contributed by atoms with Crippen LogP contribution in [0.3, 0.4) is 0 Å². The molecule has 10 aromatic rings. The van der Waals surface area contributed by atoms with Gasteiger partial charge in [0.2, 0.25) is 0 Å². The summed E-state index contributed by atoms with van der Waals surface area (Å²) < 4.78 is 0. The summed E-state index contributed by atoms with van der Waals surface area (Å²) in [5.74, 6) is 0. The summed E-state index contributed by atoms with van der Waals surface area (Å²) in [7, 11) is 0. The van der Waals surface area contributed by atoms with E-state index in [2.05, 4.69) is 190 Å². The average Bonchev–Trinajstić information content (AvgIpc) is 3.22.